The SMILES string of the molecule is CCN(CCO)c1cc2c(cc1N)CC(=O)N2. The van der Waals surface area contributed by atoms with Crippen molar-refractivity contribution in [1.29, 1.82) is 0 Å². The number of carbonyl (C=O) groups excluding carboxylic acids is 1. The van der Waals surface area contributed by atoms with Gasteiger partial charge < -0.3 is 21.1 Å². The maximum absolute atomic E-state index is 11.3. The van der Waals surface area contributed by atoms with E-state index >= 15 is 0 Å². The highest BCUT2D eigenvalue weighted by Gasteiger charge is 2.20. The summed E-state index contributed by atoms with van der Waals surface area (Å²) in [7, 11) is 0. The normalized spacial score (nSPS) is 13.4. The molecule has 92 valence electrons. The zero-order chi connectivity index (χ0) is 12.4. The summed E-state index contributed by atoms with van der Waals surface area (Å²) in [6.07, 6.45) is 0.395. The molecule has 0 spiro atoms. The summed E-state index contributed by atoms with van der Waals surface area (Å²) in [5.41, 5.74) is 9.27. The predicted molar refractivity (Wildman–Crippen MR) is 68.2 cm³/mol. The monoisotopic (exact) mass is 235 g/mol. The third-order valence-corrected chi connectivity index (χ3v) is 2.97. The van der Waals surface area contributed by atoms with E-state index in [1.165, 1.54) is 0 Å². The smallest absolute Gasteiger partial charge is 0.228 e. The minimum absolute atomic E-state index is 0.00163. The van der Waals surface area contributed by atoms with Crippen molar-refractivity contribution in [3.8, 4) is 0 Å². The van der Waals surface area contributed by atoms with Crippen molar-refractivity contribution in [1.82, 2.24) is 0 Å². The van der Waals surface area contributed by atoms with Crippen LogP contribution < -0.4 is 16.0 Å². The molecule has 0 saturated carbocycles. The first-order valence-corrected chi connectivity index (χ1v) is 5.73. The van der Waals surface area contributed by atoms with Crippen LogP contribution in [0.2, 0.25) is 0 Å². The number of likely N-dealkylation sites (N-methyl/N-ethyl adjacent to an activating group) is 1. The van der Waals surface area contributed by atoms with E-state index in [1.54, 1.807) is 0 Å². The number of rotatable bonds is 4. The minimum atomic E-state index is 0.00163. The van der Waals surface area contributed by atoms with Gasteiger partial charge in [-0.05, 0) is 24.6 Å². The van der Waals surface area contributed by atoms with E-state index in [0.717, 1.165) is 23.5 Å². The molecule has 0 unspecified atom stereocenters. The quantitative estimate of drug-likeness (QED) is 0.667. The van der Waals surface area contributed by atoms with Crippen LogP contribution in [-0.2, 0) is 11.2 Å². The van der Waals surface area contributed by atoms with Crippen molar-refractivity contribution >= 4 is 23.0 Å². The lowest BCUT2D eigenvalue weighted by Gasteiger charge is -2.24. The fraction of sp³-hybridized carbons (Fsp3) is 0.417. The number of nitrogens with zero attached hydrogens (tertiary/aromatic N) is 1. The molecule has 0 fully saturated rings. The van der Waals surface area contributed by atoms with Crippen LogP contribution in [0, 0.1) is 0 Å². The van der Waals surface area contributed by atoms with E-state index in [0.29, 0.717) is 18.7 Å². The summed E-state index contributed by atoms with van der Waals surface area (Å²) in [5, 5.41) is 11.8. The first-order valence-electron chi connectivity index (χ1n) is 5.73. The van der Waals surface area contributed by atoms with Crippen LogP contribution in [0.3, 0.4) is 0 Å². The van der Waals surface area contributed by atoms with Gasteiger partial charge in [0.2, 0.25) is 5.91 Å². The van der Waals surface area contributed by atoms with Crippen LogP contribution in [0.25, 0.3) is 0 Å². The summed E-state index contributed by atoms with van der Waals surface area (Å²) >= 11 is 0. The summed E-state index contributed by atoms with van der Waals surface area (Å²) in [6.45, 7) is 3.38. The highest BCUT2D eigenvalue weighted by molar-refractivity contribution is 6.00. The second-order valence-electron chi connectivity index (χ2n) is 4.10. The van der Waals surface area contributed by atoms with E-state index in [9.17, 15) is 4.79 Å². The summed E-state index contributed by atoms with van der Waals surface area (Å²) in [6, 6.07) is 3.72. The molecule has 0 saturated heterocycles. The molecule has 1 aromatic rings. The van der Waals surface area contributed by atoms with Crippen LogP contribution >= 0.6 is 0 Å². The third-order valence-electron chi connectivity index (χ3n) is 2.97. The van der Waals surface area contributed by atoms with Crippen LogP contribution in [0.15, 0.2) is 12.1 Å². The zero-order valence-corrected chi connectivity index (χ0v) is 9.86. The average molecular weight is 235 g/mol. The summed E-state index contributed by atoms with van der Waals surface area (Å²) in [5.74, 6) is 0.00163. The number of fused-ring (bicyclic) bond motifs is 1. The van der Waals surface area contributed by atoms with Gasteiger partial charge in [0.05, 0.1) is 24.4 Å². The Kier molecular flexibility index (Phi) is 3.19. The number of nitrogens with two attached hydrogens (primary N) is 1. The molecule has 1 heterocycles. The number of aliphatic hydroxyl groups is 1. The zero-order valence-electron chi connectivity index (χ0n) is 9.86. The van der Waals surface area contributed by atoms with Gasteiger partial charge in [-0.2, -0.15) is 0 Å². The van der Waals surface area contributed by atoms with Crippen LogP contribution in [0.5, 0.6) is 0 Å². The average Bonchev–Trinajstić information content (AvgIpc) is 2.64. The molecule has 1 amide bonds. The lowest BCUT2D eigenvalue weighted by atomic mass is 10.1. The van der Waals surface area contributed by atoms with E-state index in [4.69, 9.17) is 10.8 Å². The van der Waals surface area contributed by atoms with Gasteiger partial charge >= 0.3 is 0 Å². The predicted octanol–water partition coefficient (Wildman–Crippen LogP) is 0.582. The number of anilines is 3. The molecule has 0 aromatic heterocycles. The standard InChI is InChI=1S/C12H17N3O2/c1-2-15(3-4-16)11-7-10-8(5-9(11)13)6-12(17)14-10/h5,7,16H,2-4,6,13H2,1H3,(H,14,17). The molecule has 0 radical (unpaired) electrons. The molecular formula is C12H17N3O2. The Labute approximate surface area is 100 Å². The van der Waals surface area contributed by atoms with Gasteiger partial charge in [0.25, 0.3) is 0 Å². The molecule has 5 heteroatoms. The van der Waals surface area contributed by atoms with Gasteiger partial charge in [-0.15, -0.1) is 0 Å². The maximum Gasteiger partial charge on any atom is 0.228 e. The number of carbonyl (C=O) groups is 1. The molecule has 5 nitrogen and oxygen atoms in total. The number of benzene rings is 1. The Morgan fingerprint density at radius 1 is 1.53 bits per heavy atom. The minimum Gasteiger partial charge on any atom is -0.397 e. The van der Waals surface area contributed by atoms with Gasteiger partial charge in [-0.1, -0.05) is 0 Å². The number of hydrogen-bond acceptors (Lipinski definition) is 4. The Morgan fingerprint density at radius 3 is 2.94 bits per heavy atom. The third kappa shape index (κ3) is 2.19. The van der Waals surface area contributed by atoms with E-state index < -0.39 is 0 Å². The molecule has 4 N–H and O–H groups in total. The molecule has 17 heavy (non-hydrogen) atoms. The number of nitrogen functional groups attached to an aromatic ring is 1. The van der Waals surface area contributed by atoms with Crippen molar-refractivity contribution in [2.24, 2.45) is 0 Å². The fourth-order valence-corrected chi connectivity index (χ4v) is 2.13. The van der Waals surface area contributed by atoms with E-state index in [1.807, 2.05) is 24.0 Å². The van der Waals surface area contributed by atoms with Gasteiger partial charge in [0.1, 0.15) is 0 Å². The van der Waals surface area contributed by atoms with E-state index in [2.05, 4.69) is 5.32 Å². The number of amides is 1. The van der Waals surface area contributed by atoms with Crippen molar-refractivity contribution in [3.05, 3.63) is 17.7 Å². The highest BCUT2D eigenvalue weighted by atomic mass is 16.3. The topological polar surface area (TPSA) is 78.6 Å². The Bertz CT molecular complexity index is 446. The molecule has 0 atom stereocenters. The maximum atomic E-state index is 11.3. The Morgan fingerprint density at radius 2 is 2.29 bits per heavy atom. The molecule has 2 rings (SSSR count). The molecule has 1 aliphatic rings. The van der Waals surface area contributed by atoms with Gasteiger partial charge in [-0.3, -0.25) is 4.79 Å². The highest BCUT2D eigenvalue weighted by Crippen LogP contribution is 2.33. The molecule has 1 aromatic carbocycles. The molecule has 0 bridgehead atoms. The van der Waals surface area contributed by atoms with Crippen LogP contribution in [0.4, 0.5) is 17.1 Å². The van der Waals surface area contributed by atoms with Crippen molar-refractivity contribution < 1.29 is 9.90 Å². The van der Waals surface area contributed by atoms with E-state index in [-0.39, 0.29) is 12.5 Å². The van der Waals surface area contributed by atoms with Gasteiger partial charge in [-0.25, -0.2) is 0 Å². The van der Waals surface area contributed by atoms with Crippen molar-refractivity contribution in [3.63, 3.8) is 0 Å². The Balaban J connectivity index is 2.35. The van der Waals surface area contributed by atoms with Crippen molar-refractivity contribution in [2.45, 2.75) is 13.3 Å². The largest absolute Gasteiger partial charge is 0.397 e. The number of aliphatic hydroxyl groups excluding tert-OH is 1. The molecule has 0 aliphatic carbocycles. The van der Waals surface area contributed by atoms with Crippen LogP contribution in [-0.4, -0.2) is 30.7 Å². The summed E-state index contributed by atoms with van der Waals surface area (Å²) in [4.78, 5) is 13.3. The van der Waals surface area contributed by atoms with Crippen LogP contribution in [0.1, 0.15) is 12.5 Å². The first-order chi connectivity index (χ1) is 8.15. The first kappa shape index (κ1) is 11.7. The second kappa shape index (κ2) is 4.63. The Hall–Kier alpha value is -1.75. The number of nitrogens with one attached hydrogen (secondary N) is 1. The lowest BCUT2D eigenvalue weighted by Crippen LogP contribution is -2.27. The second-order valence-corrected chi connectivity index (χ2v) is 4.10. The van der Waals surface area contributed by atoms with Crippen molar-refractivity contribution in [2.75, 3.05) is 35.6 Å². The lowest BCUT2D eigenvalue weighted by molar-refractivity contribution is -0.115. The van der Waals surface area contributed by atoms with Gasteiger partial charge in [0, 0.05) is 18.8 Å². The molecular weight excluding hydrogens is 218 g/mol. The fourth-order valence-electron chi connectivity index (χ4n) is 2.13. The summed E-state index contributed by atoms with van der Waals surface area (Å²) < 4.78 is 0. The molecule has 1 aliphatic heterocycles. The van der Waals surface area contributed by atoms with Gasteiger partial charge in [0.15, 0.2) is 0 Å². The number of hydrogen-bond donors (Lipinski definition) is 3.